The SMILES string of the molecule is COC(=O)[C@H](Cc1cccc(I)c1)NC(=O)[C@@H](Cc1ccc(F)cc1)NC(C)=O. The van der Waals surface area contributed by atoms with E-state index in [9.17, 15) is 18.8 Å². The zero-order chi connectivity index (χ0) is 21.4. The van der Waals surface area contributed by atoms with Gasteiger partial charge in [0.15, 0.2) is 0 Å². The van der Waals surface area contributed by atoms with Gasteiger partial charge in [0.1, 0.15) is 17.9 Å². The Morgan fingerprint density at radius 3 is 2.24 bits per heavy atom. The molecule has 0 aromatic heterocycles. The Kier molecular flexibility index (Phi) is 8.56. The molecule has 0 spiro atoms. The Morgan fingerprint density at radius 2 is 1.66 bits per heavy atom. The maximum absolute atomic E-state index is 13.1. The van der Waals surface area contributed by atoms with E-state index in [1.165, 1.54) is 26.2 Å². The molecule has 2 amide bonds. The van der Waals surface area contributed by atoms with Crippen molar-refractivity contribution in [2.75, 3.05) is 7.11 Å². The summed E-state index contributed by atoms with van der Waals surface area (Å²) < 4.78 is 19.0. The molecular weight excluding hydrogens is 490 g/mol. The van der Waals surface area contributed by atoms with Crippen molar-refractivity contribution in [3.05, 3.63) is 69.0 Å². The van der Waals surface area contributed by atoms with Crippen molar-refractivity contribution in [3.8, 4) is 0 Å². The molecule has 29 heavy (non-hydrogen) atoms. The first-order valence-corrected chi connectivity index (χ1v) is 10.0. The van der Waals surface area contributed by atoms with Crippen molar-refractivity contribution < 1.29 is 23.5 Å². The molecular formula is C21H22FIN2O4. The molecule has 2 aromatic carbocycles. The summed E-state index contributed by atoms with van der Waals surface area (Å²) in [5, 5.41) is 5.25. The largest absolute Gasteiger partial charge is 0.467 e. The molecule has 0 aliphatic rings. The number of esters is 1. The van der Waals surface area contributed by atoms with Gasteiger partial charge in [0.05, 0.1) is 7.11 Å². The molecule has 2 N–H and O–H groups in total. The van der Waals surface area contributed by atoms with E-state index in [0.29, 0.717) is 5.56 Å². The van der Waals surface area contributed by atoms with Crippen LogP contribution in [0, 0.1) is 9.39 Å². The van der Waals surface area contributed by atoms with E-state index >= 15 is 0 Å². The van der Waals surface area contributed by atoms with Crippen LogP contribution in [0.3, 0.4) is 0 Å². The van der Waals surface area contributed by atoms with Crippen LogP contribution in [0.15, 0.2) is 48.5 Å². The van der Waals surface area contributed by atoms with E-state index in [1.807, 2.05) is 24.3 Å². The molecule has 6 nitrogen and oxygen atoms in total. The van der Waals surface area contributed by atoms with Gasteiger partial charge in [0.2, 0.25) is 11.8 Å². The van der Waals surface area contributed by atoms with Gasteiger partial charge in [-0.2, -0.15) is 0 Å². The van der Waals surface area contributed by atoms with Crippen LogP contribution in [0.25, 0.3) is 0 Å². The lowest BCUT2D eigenvalue weighted by molar-refractivity contribution is -0.145. The lowest BCUT2D eigenvalue weighted by Gasteiger charge is -2.22. The third-order valence-corrected chi connectivity index (χ3v) is 4.85. The van der Waals surface area contributed by atoms with Crippen molar-refractivity contribution >= 4 is 40.4 Å². The summed E-state index contributed by atoms with van der Waals surface area (Å²) in [7, 11) is 1.25. The van der Waals surface area contributed by atoms with Gasteiger partial charge < -0.3 is 15.4 Å². The minimum Gasteiger partial charge on any atom is -0.467 e. The average Bonchev–Trinajstić information content (AvgIpc) is 2.67. The van der Waals surface area contributed by atoms with E-state index in [4.69, 9.17) is 4.74 Å². The third-order valence-electron chi connectivity index (χ3n) is 4.18. The first kappa shape index (κ1) is 22.8. The average molecular weight is 512 g/mol. The highest BCUT2D eigenvalue weighted by molar-refractivity contribution is 14.1. The molecule has 2 aromatic rings. The zero-order valence-corrected chi connectivity index (χ0v) is 18.2. The second-order valence-electron chi connectivity index (χ2n) is 6.50. The van der Waals surface area contributed by atoms with Crippen LogP contribution in [0.2, 0.25) is 0 Å². The number of hydrogen-bond donors (Lipinski definition) is 2. The van der Waals surface area contributed by atoms with Gasteiger partial charge in [-0.25, -0.2) is 9.18 Å². The first-order valence-electron chi connectivity index (χ1n) is 8.92. The molecule has 0 saturated carbocycles. The Labute approximate surface area is 182 Å². The van der Waals surface area contributed by atoms with Crippen LogP contribution in [0.1, 0.15) is 18.1 Å². The Morgan fingerprint density at radius 1 is 1.00 bits per heavy atom. The highest BCUT2D eigenvalue weighted by Crippen LogP contribution is 2.11. The molecule has 0 aliphatic carbocycles. The summed E-state index contributed by atoms with van der Waals surface area (Å²) in [4.78, 5) is 36.6. The Hall–Kier alpha value is -2.49. The molecule has 0 saturated heterocycles. The Bertz CT molecular complexity index is 873. The molecule has 2 atom stereocenters. The lowest BCUT2D eigenvalue weighted by Crippen LogP contribution is -2.53. The minimum absolute atomic E-state index is 0.156. The number of hydrogen-bond acceptors (Lipinski definition) is 4. The molecule has 2 rings (SSSR count). The summed E-state index contributed by atoms with van der Waals surface area (Å²) in [5.74, 6) is -1.89. The van der Waals surface area contributed by atoms with Crippen LogP contribution in [0.5, 0.6) is 0 Å². The smallest absolute Gasteiger partial charge is 0.328 e. The van der Waals surface area contributed by atoms with E-state index in [2.05, 4.69) is 33.2 Å². The van der Waals surface area contributed by atoms with Crippen LogP contribution in [-0.2, 0) is 32.0 Å². The van der Waals surface area contributed by atoms with Gasteiger partial charge in [-0.15, -0.1) is 0 Å². The number of nitrogens with one attached hydrogen (secondary N) is 2. The fourth-order valence-corrected chi connectivity index (χ4v) is 3.43. The molecule has 154 valence electrons. The van der Waals surface area contributed by atoms with Crippen molar-refractivity contribution in [2.45, 2.75) is 31.8 Å². The number of rotatable bonds is 8. The number of carbonyl (C=O) groups is 3. The Balaban J connectivity index is 2.16. The molecule has 0 fully saturated rings. The van der Waals surface area contributed by atoms with Crippen molar-refractivity contribution in [1.82, 2.24) is 10.6 Å². The number of amides is 2. The third kappa shape index (κ3) is 7.45. The fourth-order valence-electron chi connectivity index (χ4n) is 2.82. The monoisotopic (exact) mass is 512 g/mol. The van der Waals surface area contributed by atoms with Crippen molar-refractivity contribution in [3.63, 3.8) is 0 Å². The molecule has 0 bridgehead atoms. The first-order chi connectivity index (χ1) is 13.8. The van der Waals surface area contributed by atoms with Crippen LogP contribution in [0.4, 0.5) is 4.39 Å². The van der Waals surface area contributed by atoms with Crippen LogP contribution >= 0.6 is 22.6 Å². The molecule has 0 heterocycles. The van der Waals surface area contributed by atoms with E-state index < -0.39 is 29.8 Å². The topological polar surface area (TPSA) is 84.5 Å². The zero-order valence-electron chi connectivity index (χ0n) is 16.1. The van der Waals surface area contributed by atoms with Crippen molar-refractivity contribution in [2.24, 2.45) is 0 Å². The van der Waals surface area contributed by atoms with Gasteiger partial charge in [0.25, 0.3) is 0 Å². The van der Waals surface area contributed by atoms with Crippen LogP contribution < -0.4 is 10.6 Å². The summed E-state index contributed by atoms with van der Waals surface area (Å²) in [6, 6.07) is 11.4. The summed E-state index contributed by atoms with van der Waals surface area (Å²) >= 11 is 2.17. The van der Waals surface area contributed by atoms with E-state index in [-0.39, 0.29) is 18.7 Å². The highest BCUT2D eigenvalue weighted by atomic mass is 127. The second kappa shape index (κ2) is 10.9. The number of carbonyl (C=O) groups excluding carboxylic acids is 3. The highest BCUT2D eigenvalue weighted by Gasteiger charge is 2.27. The maximum atomic E-state index is 13.1. The quantitative estimate of drug-likeness (QED) is 0.421. The fraction of sp³-hybridized carbons (Fsp3) is 0.286. The number of methoxy groups -OCH3 is 1. The van der Waals surface area contributed by atoms with Gasteiger partial charge in [0, 0.05) is 23.3 Å². The molecule has 0 unspecified atom stereocenters. The van der Waals surface area contributed by atoms with Crippen molar-refractivity contribution in [1.29, 1.82) is 0 Å². The summed E-state index contributed by atoms with van der Waals surface area (Å²) in [5.41, 5.74) is 1.54. The maximum Gasteiger partial charge on any atom is 0.328 e. The van der Waals surface area contributed by atoms with E-state index in [0.717, 1.165) is 9.13 Å². The normalized spacial score (nSPS) is 12.6. The second-order valence-corrected chi connectivity index (χ2v) is 7.75. The predicted octanol–water partition coefficient (Wildman–Crippen LogP) is 2.38. The molecule has 8 heteroatoms. The lowest BCUT2D eigenvalue weighted by atomic mass is 10.0. The summed E-state index contributed by atoms with van der Waals surface area (Å²) in [6.07, 6.45) is 0.404. The predicted molar refractivity (Wildman–Crippen MR) is 115 cm³/mol. The van der Waals surface area contributed by atoms with E-state index in [1.54, 1.807) is 12.1 Å². The minimum atomic E-state index is -0.916. The van der Waals surface area contributed by atoms with Gasteiger partial charge in [-0.3, -0.25) is 9.59 Å². The number of benzene rings is 2. The van der Waals surface area contributed by atoms with Gasteiger partial charge in [-0.05, 0) is 58.0 Å². The number of halogens is 2. The standard InChI is InChI=1S/C21H22FIN2O4/c1-13(26)24-18(11-14-6-8-16(22)9-7-14)20(27)25-19(21(28)29-2)12-15-4-3-5-17(23)10-15/h3-10,18-19H,11-12H2,1-2H3,(H,24,26)(H,25,27)/t18-,19+/m1/s1. The molecule has 0 radical (unpaired) electrons. The van der Waals surface area contributed by atoms with Crippen LogP contribution in [-0.4, -0.2) is 37.0 Å². The van der Waals surface area contributed by atoms with Gasteiger partial charge in [-0.1, -0.05) is 24.3 Å². The van der Waals surface area contributed by atoms with Gasteiger partial charge >= 0.3 is 5.97 Å². The molecule has 0 aliphatic heterocycles. The number of ether oxygens (including phenoxy) is 1. The summed E-state index contributed by atoms with van der Waals surface area (Å²) in [6.45, 7) is 1.30.